The molecular formula is C17H16Cl2N2OS. The van der Waals surface area contributed by atoms with E-state index < -0.39 is 0 Å². The number of terminal acetylenes is 1. The van der Waals surface area contributed by atoms with E-state index in [1.807, 2.05) is 26.0 Å². The second-order valence-electron chi connectivity index (χ2n) is 5.20. The largest absolute Gasteiger partial charge is 0.329 e. The molecule has 0 aliphatic carbocycles. The Hall–Kier alpha value is -1.54. The van der Waals surface area contributed by atoms with Crippen molar-refractivity contribution in [1.82, 2.24) is 9.13 Å². The number of halogens is 2. The van der Waals surface area contributed by atoms with Gasteiger partial charge in [-0.05, 0) is 44.2 Å². The van der Waals surface area contributed by atoms with Gasteiger partial charge in [-0.1, -0.05) is 40.9 Å². The van der Waals surface area contributed by atoms with Crippen LogP contribution in [0.15, 0.2) is 39.0 Å². The zero-order valence-electron chi connectivity index (χ0n) is 13.0. The van der Waals surface area contributed by atoms with E-state index in [4.69, 9.17) is 29.6 Å². The molecule has 0 fully saturated rings. The Balaban J connectivity index is 2.63. The van der Waals surface area contributed by atoms with E-state index in [9.17, 15) is 4.79 Å². The summed E-state index contributed by atoms with van der Waals surface area (Å²) in [5.41, 5.74) is 0.662. The quantitative estimate of drug-likeness (QED) is 0.721. The monoisotopic (exact) mass is 366 g/mol. The molecule has 1 aromatic carbocycles. The van der Waals surface area contributed by atoms with Gasteiger partial charge >= 0.3 is 5.69 Å². The summed E-state index contributed by atoms with van der Waals surface area (Å²) < 4.78 is 3.32. The summed E-state index contributed by atoms with van der Waals surface area (Å²) in [6.07, 6.45) is 8.64. The molecule has 0 spiro atoms. The summed E-state index contributed by atoms with van der Waals surface area (Å²) >= 11 is 13.6. The van der Waals surface area contributed by atoms with Crippen LogP contribution in [0.5, 0.6) is 0 Å². The molecule has 1 aromatic heterocycles. The van der Waals surface area contributed by atoms with E-state index in [0.717, 1.165) is 15.6 Å². The SMILES string of the molecule is C#C/C=C/c1c(Sc2cc(Cl)cc(Cl)c2)n(C(C)C)c(=O)n1C. The first kappa shape index (κ1) is 17.8. The van der Waals surface area contributed by atoms with Crippen LogP contribution >= 0.6 is 35.0 Å². The van der Waals surface area contributed by atoms with Crippen molar-refractivity contribution in [2.45, 2.75) is 29.8 Å². The van der Waals surface area contributed by atoms with Crippen LogP contribution in [0.3, 0.4) is 0 Å². The van der Waals surface area contributed by atoms with Crippen molar-refractivity contribution >= 4 is 41.0 Å². The van der Waals surface area contributed by atoms with Crippen LogP contribution in [0.2, 0.25) is 10.0 Å². The van der Waals surface area contributed by atoms with Crippen LogP contribution in [0.25, 0.3) is 6.08 Å². The second kappa shape index (κ2) is 7.35. The minimum Gasteiger partial charge on any atom is -0.294 e. The predicted molar refractivity (Wildman–Crippen MR) is 98.5 cm³/mol. The van der Waals surface area contributed by atoms with E-state index in [1.54, 1.807) is 34.4 Å². The Kier molecular flexibility index (Phi) is 5.69. The number of rotatable bonds is 4. The van der Waals surface area contributed by atoms with Crippen LogP contribution < -0.4 is 5.69 Å². The molecule has 2 rings (SSSR count). The molecular weight excluding hydrogens is 351 g/mol. The molecule has 0 bridgehead atoms. The average molecular weight is 367 g/mol. The smallest absolute Gasteiger partial charge is 0.294 e. The van der Waals surface area contributed by atoms with Crippen molar-refractivity contribution in [3.8, 4) is 12.3 Å². The molecule has 0 aliphatic rings. The molecule has 0 N–H and O–H groups in total. The first-order valence-electron chi connectivity index (χ1n) is 6.93. The third-order valence-electron chi connectivity index (χ3n) is 3.20. The van der Waals surface area contributed by atoms with Gasteiger partial charge in [-0.3, -0.25) is 9.13 Å². The number of allylic oxidation sites excluding steroid dienone is 1. The molecule has 3 nitrogen and oxygen atoms in total. The number of aromatic nitrogens is 2. The molecule has 23 heavy (non-hydrogen) atoms. The lowest BCUT2D eigenvalue weighted by Gasteiger charge is -2.11. The number of nitrogens with zero attached hydrogens (tertiary/aromatic N) is 2. The maximum atomic E-state index is 12.5. The minimum atomic E-state index is -0.0905. The zero-order valence-corrected chi connectivity index (χ0v) is 15.3. The minimum absolute atomic E-state index is 0.0128. The molecule has 2 aromatic rings. The summed E-state index contributed by atoms with van der Waals surface area (Å²) in [6.45, 7) is 3.93. The average Bonchev–Trinajstić information content (AvgIpc) is 2.67. The Morgan fingerprint density at radius 1 is 1.26 bits per heavy atom. The fourth-order valence-corrected chi connectivity index (χ4v) is 4.13. The fourth-order valence-electron chi connectivity index (χ4n) is 2.18. The molecule has 120 valence electrons. The van der Waals surface area contributed by atoms with Gasteiger partial charge in [0.25, 0.3) is 0 Å². The molecule has 0 saturated carbocycles. The van der Waals surface area contributed by atoms with Crippen molar-refractivity contribution in [2.24, 2.45) is 7.05 Å². The van der Waals surface area contributed by atoms with Crippen LogP contribution in [0, 0.1) is 12.3 Å². The lowest BCUT2D eigenvalue weighted by molar-refractivity contribution is 0.533. The molecule has 0 atom stereocenters. The normalized spacial score (nSPS) is 11.3. The van der Waals surface area contributed by atoms with E-state index in [2.05, 4.69) is 5.92 Å². The molecule has 0 aliphatic heterocycles. The molecule has 6 heteroatoms. The maximum absolute atomic E-state index is 12.5. The number of hydrogen-bond acceptors (Lipinski definition) is 2. The summed E-state index contributed by atoms with van der Waals surface area (Å²) in [6, 6.07) is 5.32. The van der Waals surface area contributed by atoms with E-state index in [-0.39, 0.29) is 11.7 Å². The highest BCUT2D eigenvalue weighted by molar-refractivity contribution is 7.99. The van der Waals surface area contributed by atoms with E-state index >= 15 is 0 Å². The first-order valence-corrected chi connectivity index (χ1v) is 8.50. The van der Waals surface area contributed by atoms with Crippen molar-refractivity contribution < 1.29 is 0 Å². The maximum Gasteiger partial charge on any atom is 0.329 e. The van der Waals surface area contributed by atoms with E-state index in [1.165, 1.54) is 11.8 Å². The Labute approximate surface area is 149 Å². The van der Waals surface area contributed by atoms with Gasteiger partial charge in [-0.15, -0.1) is 6.42 Å². The van der Waals surface area contributed by atoms with Gasteiger partial charge in [-0.2, -0.15) is 0 Å². The summed E-state index contributed by atoms with van der Waals surface area (Å²) in [5, 5.41) is 1.91. The van der Waals surface area contributed by atoms with Crippen LogP contribution in [0.1, 0.15) is 25.6 Å². The summed E-state index contributed by atoms with van der Waals surface area (Å²) in [5.74, 6) is 2.45. The predicted octanol–water partition coefficient (Wildman–Crippen LogP) is 4.87. The van der Waals surface area contributed by atoms with Crippen LogP contribution in [0.4, 0.5) is 0 Å². The summed E-state index contributed by atoms with van der Waals surface area (Å²) in [7, 11) is 1.73. The van der Waals surface area contributed by atoms with Crippen molar-refractivity contribution in [3.63, 3.8) is 0 Å². The third kappa shape index (κ3) is 3.87. The molecule has 0 unspecified atom stereocenters. The topological polar surface area (TPSA) is 26.9 Å². The molecule has 0 radical (unpaired) electrons. The van der Waals surface area contributed by atoms with Gasteiger partial charge in [-0.25, -0.2) is 4.79 Å². The number of benzene rings is 1. The van der Waals surface area contributed by atoms with Gasteiger partial charge in [0.1, 0.15) is 5.03 Å². The van der Waals surface area contributed by atoms with Gasteiger partial charge in [0.2, 0.25) is 0 Å². The standard InChI is InChI=1S/C17H16Cl2N2OS/c1-5-6-7-15-16(21(11(2)3)17(22)20(15)4)23-14-9-12(18)8-13(19)10-14/h1,6-11H,2-4H3/b7-6+. The third-order valence-corrected chi connectivity index (χ3v) is 4.70. The van der Waals surface area contributed by atoms with E-state index in [0.29, 0.717) is 10.0 Å². The highest BCUT2D eigenvalue weighted by Crippen LogP contribution is 2.35. The Bertz CT molecular complexity index is 836. The van der Waals surface area contributed by atoms with Gasteiger partial charge in [0, 0.05) is 28.0 Å². The lowest BCUT2D eigenvalue weighted by Crippen LogP contribution is -2.24. The van der Waals surface area contributed by atoms with Crippen LogP contribution in [-0.2, 0) is 7.05 Å². The highest BCUT2D eigenvalue weighted by Gasteiger charge is 2.19. The highest BCUT2D eigenvalue weighted by atomic mass is 35.5. The summed E-state index contributed by atoms with van der Waals surface area (Å²) in [4.78, 5) is 13.4. The molecule has 0 amide bonds. The number of imidazole rings is 1. The lowest BCUT2D eigenvalue weighted by atomic mass is 10.3. The van der Waals surface area contributed by atoms with Gasteiger partial charge < -0.3 is 0 Å². The first-order chi connectivity index (χ1) is 10.8. The van der Waals surface area contributed by atoms with Crippen LogP contribution in [-0.4, -0.2) is 9.13 Å². The Morgan fingerprint density at radius 2 is 1.87 bits per heavy atom. The Morgan fingerprint density at radius 3 is 2.39 bits per heavy atom. The fraction of sp³-hybridized carbons (Fsp3) is 0.235. The number of hydrogen-bond donors (Lipinski definition) is 0. The van der Waals surface area contributed by atoms with Gasteiger partial charge in [0.05, 0.1) is 5.69 Å². The second-order valence-corrected chi connectivity index (χ2v) is 7.14. The molecule has 0 saturated heterocycles. The van der Waals surface area contributed by atoms with Gasteiger partial charge in [0.15, 0.2) is 0 Å². The van der Waals surface area contributed by atoms with Crippen molar-refractivity contribution in [1.29, 1.82) is 0 Å². The van der Waals surface area contributed by atoms with Crippen molar-refractivity contribution in [2.75, 3.05) is 0 Å². The zero-order chi connectivity index (χ0) is 17.1. The van der Waals surface area contributed by atoms with Crippen molar-refractivity contribution in [3.05, 3.63) is 50.5 Å². The molecule has 1 heterocycles.